The van der Waals surface area contributed by atoms with Gasteiger partial charge in [0.1, 0.15) is 43.2 Å². The Kier molecular flexibility index (Phi) is 35.2. The molecule has 0 radical (unpaired) electrons. The number of aliphatic hydroxyl groups excluding tert-OH is 6. The molecule has 1 aliphatic carbocycles. The SMILES string of the molecule is CC/C=C\C(O)C/C=C/C=C\C/C=C\C/C=C\CCCC(=O)OC[C@H](COP(=O)(O)OC1[C@H](O)[C@H](O)C(O)[C@H](O)[C@H]1O)OC(=O)CCCCCCCCC/C=C\C/C=C\CCCCC. The summed E-state index contributed by atoms with van der Waals surface area (Å²) in [6.45, 7) is 2.97. The normalized spacial score (nSPS) is 22.8. The van der Waals surface area contributed by atoms with Crippen LogP contribution in [0.5, 0.6) is 0 Å². The summed E-state index contributed by atoms with van der Waals surface area (Å²) in [7, 11) is -5.15. The first-order valence-corrected chi connectivity index (χ1v) is 25.0. The van der Waals surface area contributed by atoms with E-state index in [1.807, 2.05) is 61.6 Å². The van der Waals surface area contributed by atoms with Crippen LogP contribution in [-0.4, -0.2) is 110 Å². The van der Waals surface area contributed by atoms with E-state index < -0.39 is 81.8 Å². The molecule has 14 nitrogen and oxygen atoms in total. The molecule has 0 aliphatic heterocycles. The number of ether oxygens (including phenoxy) is 2. The van der Waals surface area contributed by atoms with Gasteiger partial charge >= 0.3 is 19.8 Å². The second-order valence-corrected chi connectivity index (χ2v) is 17.5. The van der Waals surface area contributed by atoms with Gasteiger partial charge in [-0.1, -0.05) is 144 Å². The highest BCUT2D eigenvalue weighted by atomic mass is 31.2. The minimum Gasteiger partial charge on any atom is -0.462 e. The van der Waals surface area contributed by atoms with Crippen LogP contribution >= 0.6 is 7.82 Å². The molecule has 1 saturated carbocycles. The van der Waals surface area contributed by atoms with Crippen molar-refractivity contribution in [3.8, 4) is 0 Å². The molecule has 0 aromatic carbocycles. The van der Waals surface area contributed by atoms with Gasteiger partial charge in [-0.2, -0.15) is 0 Å². The minimum atomic E-state index is -5.15. The quantitative estimate of drug-likeness (QED) is 0.0102. The zero-order chi connectivity index (χ0) is 47.3. The highest BCUT2D eigenvalue weighted by molar-refractivity contribution is 7.47. The van der Waals surface area contributed by atoms with Crippen molar-refractivity contribution in [3.63, 3.8) is 0 Å². The maximum atomic E-state index is 12.8. The van der Waals surface area contributed by atoms with E-state index in [1.165, 1.54) is 19.3 Å². The van der Waals surface area contributed by atoms with Gasteiger partial charge in [0, 0.05) is 12.8 Å². The van der Waals surface area contributed by atoms with Gasteiger partial charge in [0.05, 0.1) is 12.7 Å². The van der Waals surface area contributed by atoms with Crippen LogP contribution < -0.4 is 0 Å². The Labute approximate surface area is 382 Å². The van der Waals surface area contributed by atoms with Crippen molar-refractivity contribution in [2.24, 2.45) is 0 Å². The molecule has 0 saturated heterocycles. The third-order valence-electron chi connectivity index (χ3n) is 10.3. The Balaban J connectivity index is 2.52. The third-order valence-corrected chi connectivity index (χ3v) is 11.3. The lowest BCUT2D eigenvalue weighted by atomic mass is 9.85. The standard InChI is InChI=1S/C49H81O14P/c1-3-5-7-8-9-10-11-12-13-14-15-16-21-24-27-30-33-37-43(52)62-41(39-61-64(58,59)63-49-47(56)45(54)44(53)46(55)48(49)57)38-60-42(51)36-32-29-26-23-20-18-17-19-22-25-28-31-35-40(50)34-6-4-2/h6,9-10,12-13,17-18,22-23,25-26,28,31,34,40-41,44-50,53-57H,3-5,7-8,11,14-16,19-21,24,27,29-30,32-33,35-39H2,1-2H3,(H,58,59)/b10-9-,13-12-,18-17-,25-22-,26-23-,31-28+,34-6-/t40?,41-,44?,45-,46+,47-,48-,49?/m1/s1. The van der Waals surface area contributed by atoms with E-state index in [1.54, 1.807) is 6.08 Å². The van der Waals surface area contributed by atoms with Gasteiger partial charge in [-0.3, -0.25) is 18.6 Å². The van der Waals surface area contributed by atoms with Crippen molar-refractivity contribution >= 4 is 19.8 Å². The van der Waals surface area contributed by atoms with Crippen molar-refractivity contribution in [1.82, 2.24) is 0 Å². The van der Waals surface area contributed by atoms with Crippen LogP contribution in [0.2, 0.25) is 0 Å². The van der Waals surface area contributed by atoms with Crippen molar-refractivity contribution in [2.75, 3.05) is 13.2 Å². The van der Waals surface area contributed by atoms with Crippen LogP contribution in [0.1, 0.15) is 149 Å². The van der Waals surface area contributed by atoms with Gasteiger partial charge in [0.25, 0.3) is 0 Å². The van der Waals surface area contributed by atoms with Gasteiger partial charge in [0.15, 0.2) is 6.10 Å². The fourth-order valence-electron chi connectivity index (χ4n) is 6.49. The Hall–Kier alpha value is -3.01. The molecule has 1 fully saturated rings. The van der Waals surface area contributed by atoms with Gasteiger partial charge in [0.2, 0.25) is 0 Å². The number of phosphoric ester groups is 1. The second kappa shape index (κ2) is 38.1. The molecular weight excluding hydrogens is 843 g/mol. The number of hydrogen-bond acceptors (Lipinski definition) is 13. The Morgan fingerprint density at radius 2 is 1.08 bits per heavy atom. The van der Waals surface area contributed by atoms with E-state index in [9.17, 15) is 49.7 Å². The first kappa shape index (κ1) is 59.0. The number of carbonyl (C=O) groups excluding carboxylic acids is 2. The van der Waals surface area contributed by atoms with Gasteiger partial charge < -0.3 is 45.0 Å². The van der Waals surface area contributed by atoms with E-state index in [0.717, 1.165) is 77.0 Å². The van der Waals surface area contributed by atoms with E-state index in [2.05, 4.69) is 31.2 Å². The molecule has 0 bridgehead atoms. The van der Waals surface area contributed by atoms with Crippen LogP contribution in [0.15, 0.2) is 85.1 Å². The lowest BCUT2D eigenvalue weighted by Gasteiger charge is -2.41. The average Bonchev–Trinajstić information content (AvgIpc) is 3.27. The number of allylic oxidation sites excluding steroid dienone is 12. The minimum absolute atomic E-state index is 0.0624. The van der Waals surface area contributed by atoms with Crippen molar-refractivity contribution in [1.29, 1.82) is 0 Å². The molecule has 1 rings (SSSR count). The molecule has 0 spiro atoms. The van der Waals surface area contributed by atoms with E-state index in [-0.39, 0.29) is 12.8 Å². The van der Waals surface area contributed by atoms with Gasteiger partial charge in [-0.15, -0.1) is 0 Å². The summed E-state index contributed by atoms with van der Waals surface area (Å²) in [5, 5.41) is 59.9. The molecule has 1 aliphatic rings. The lowest BCUT2D eigenvalue weighted by molar-refractivity contribution is -0.220. The average molecular weight is 925 g/mol. The first-order chi connectivity index (χ1) is 30.8. The summed E-state index contributed by atoms with van der Waals surface area (Å²) in [4.78, 5) is 35.7. The third kappa shape index (κ3) is 30.2. The largest absolute Gasteiger partial charge is 0.472 e. The fraction of sp³-hybridized carbons (Fsp3) is 0.673. The monoisotopic (exact) mass is 925 g/mol. The molecule has 9 atom stereocenters. The van der Waals surface area contributed by atoms with Crippen molar-refractivity contribution in [3.05, 3.63) is 85.1 Å². The summed E-state index contributed by atoms with van der Waals surface area (Å²) in [5.41, 5.74) is 0. The topological polar surface area (TPSA) is 230 Å². The number of unbranched alkanes of at least 4 members (excludes halogenated alkanes) is 11. The molecule has 0 heterocycles. The molecule has 0 aromatic rings. The molecule has 7 N–H and O–H groups in total. The molecule has 0 aromatic heterocycles. The van der Waals surface area contributed by atoms with Gasteiger partial charge in [-0.25, -0.2) is 4.57 Å². The number of hydrogen-bond donors (Lipinski definition) is 7. The van der Waals surface area contributed by atoms with Gasteiger partial charge in [-0.05, 0) is 77.0 Å². The van der Waals surface area contributed by atoms with Crippen LogP contribution in [0.4, 0.5) is 0 Å². The Morgan fingerprint density at radius 1 is 0.578 bits per heavy atom. The lowest BCUT2D eigenvalue weighted by Crippen LogP contribution is -2.64. The predicted octanol–water partition coefficient (Wildman–Crippen LogP) is 8.25. The molecule has 366 valence electrons. The number of rotatable bonds is 37. The number of aliphatic hydroxyl groups is 6. The zero-order valence-corrected chi connectivity index (χ0v) is 39.3. The molecule has 4 unspecified atom stereocenters. The first-order valence-electron chi connectivity index (χ1n) is 23.5. The van der Waals surface area contributed by atoms with Crippen LogP contribution in [0.25, 0.3) is 0 Å². The highest BCUT2D eigenvalue weighted by Gasteiger charge is 2.51. The van der Waals surface area contributed by atoms with E-state index in [4.69, 9.17) is 18.5 Å². The molecular formula is C49H81O14P. The maximum absolute atomic E-state index is 12.8. The molecule has 0 amide bonds. The Bertz CT molecular complexity index is 1460. The number of esters is 2. The van der Waals surface area contributed by atoms with Crippen molar-refractivity contribution in [2.45, 2.75) is 198 Å². The predicted molar refractivity (Wildman–Crippen MR) is 250 cm³/mol. The molecule has 64 heavy (non-hydrogen) atoms. The zero-order valence-electron chi connectivity index (χ0n) is 38.4. The molecule has 15 heteroatoms. The Morgan fingerprint density at radius 3 is 1.69 bits per heavy atom. The summed E-state index contributed by atoms with van der Waals surface area (Å²) < 4.78 is 33.5. The van der Waals surface area contributed by atoms with Crippen molar-refractivity contribution < 1.29 is 68.2 Å². The summed E-state index contributed by atoms with van der Waals surface area (Å²) in [6.07, 6.45) is 32.6. The summed E-state index contributed by atoms with van der Waals surface area (Å²) >= 11 is 0. The summed E-state index contributed by atoms with van der Waals surface area (Å²) in [5.74, 6) is -1.21. The van der Waals surface area contributed by atoms with E-state index in [0.29, 0.717) is 25.7 Å². The number of carbonyl (C=O) groups is 2. The summed E-state index contributed by atoms with van der Waals surface area (Å²) in [6, 6.07) is 0. The maximum Gasteiger partial charge on any atom is 0.472 e. The highest BCUT2D eigenvalue weighted by Crippen LogP contribution is 2.47. The fourth-order valence-corrected chi connectivity index (χ4v) is 7.46. The second-order valence-electron chi connectivity index (χ2n) is 16.1. The van der Waals surface area contributed by atoms with Crippen LogP contribution in [0, 0.1) is 0 Å². The van der Waals surface area contributed by atoms with Crippen LogP contribution in [-0.2, 0) is 32.7 Å². The van der Waals surface area contributed by atoms with Crippen LogP contribution in [0.3, 0.4) is 0 Å². The number of phosphoric acid groups is 1. The van der Waals surface area contributed by atoms with E-state index >= 15 is 0 Å². The smallest absolute Gasteiger partial charge is 0.462 e.